The zero-order valence-corrected chi connectivity index (χ0v) is 10.9. The first kappa shape index (κ1) is 16.2. The van der Waals surface area contributed by atoms with Gasteiger partial charge < -0.3 is 5.11 Å². The number of carboxylic acid groups (broad SMARTS) is 1. The van der Waals surface area contributed by atoms with Gasteiger partial charge in [-0.3, -0.25) is 4.79 Å². The number of aliphatic carboxylic acids is 1. The number of hydrogen-bond donors (Lipinski definition) is 1. The number of hydrogen-bond acceptors (Lipinski definition) is 1. The van der Waals surface area contributed by atoms with E-state index in [2.05, 4.69) is 6.92 Å². The van der Waals surface area contributed by atoms with Crippen molar-refractivity contribution in [2.24, 2.45) is 0 Å². The van der Waals surface area contributed by atoms with Crippen LogP contribution >= 0.6 is 0 Å². The summed E-state index contributed by atoms with van der Waals surface area (Å²) in [7, 11) is 0. The number of unbranched alkanes of at least 4 members (excludes halogenated alkanes) is 6. The Kier molecular flexibility index (Phi) is 15.8. The Balaban J connectivity index is 0. The van der Waals surface area contributed by atoms with E-state index in [9.17, 15) is 4.79 Å². The Morgan fingerprint density at radius 3 is 1.92 bits per heavy atom. The molecule has 74 valence electrons. The van der Waals surface area contributed by atoms with Gasteiger partial charge in [0.2, 0.25) is 0 Å². The molecule has 0 saturated carbocycles. The van der Waals surface area contributed by atoms with Gasteiger partial charge in [0.25, 0.3) is 0 Å². The first-order valence-electron chi connectivity index (χ1n) is 4.99. The van der Waals surface area contributed by atoms with E-state index in [0.717, 1.165) is 12.8 Å². The Hall–Kier alpha value is 0.730. The predicted octanol–water partition coefficient (Wildman–Crippen LogP) is 2.83. The van der Waals surface area contributed by atoms with Crippen molar-refractivity contribution in [2.75, 3.05) is 0 Å². The van der Waals surface area contributed by atoms with E-state index in [1.54, 1.807) is 0 Å². The smallest absolute Gasteiger partial charge is 0.303 e. The summed E-state index contributed by atoms with van der Waals surface area (Å²) in [5, 5.41) is 8.35. The fourth-order valence-electron chi connectivity index (χ4n) is 1.23. The van der Waals surface area contributed by atoms with Crippen LogP contribution in [0, 0.1) is 0 Å². The molecule has 0 aliphatic heterocycles. The molecule has 0 saturated heterocycles. The minimum Gasteiger partial charge on any atom is -0.481 e. The Morgan fingerprint density at radius 1 is 1.00 bits per heavy atom. The second kappa shape index (κ2) is 12.7. The molecule has 1 N–H and O–H groups in total. The van der Waals surface area contributed by atoms with Crippen LogP contribution < -0.4 is 0 Å². The summed E-state index contributed by atoms with van der Waals surface area (Å²) in [4.78, 5) is 10.1. The van der Waals surface area contributed by atoms with Crippen LogP contribution in [0.2, 0.25) is 0 Å². The standard InChI is InChI=1S/C10H20O2.Ca/c1-2-3-4-5-6-7-8-9-10(11)12;/h2-9H2,1H3,(H,11,12);. The van der Waals surface area contributed by atoms with Gasteiger partial charge in [0.1, 0.15) is 0 Å². The summed E-state index contributed by atoms with van der Waals surface area (Å²) < 4.78 is 0. The van der Waals surface area contributed by atoms with Crippen molar-refractivity contribution < 1.29 is 9.90 Å². The van der Waals surface area contributed by atoms with Crippen molar-refractivity contribution in [2.45, 2.75) is 58.3 Å². The topological polar surface area (TPSA) is 37.3 Å². The minimum atomic E-state index is -0.663. The zero-order chi connectivity index (χ0) is 9.23. The first-order valence-corrected chi connectivity index (χ1v) is 4.99. The van der Waals surface area contributed by atoms with E-state index in [-0.39, 0.29) is 37.7 Å². The van der Waals surface area contributed by atoms with Crippen LogP contribution in [0.15, 0.2) is 0 Å². The molecule has 0 amide bonds. The van der Waals surface area contributed by atoms with Gasteiger partial charge in [-0.1, -0.05) is 45.4 Å². The van der Waals surface area contributed by atoms with Gasteiger partial charge in [-0.15, -0.1) is 0 Å². The third-order valence-corrected chi connectivity index (χ3v) is 1.99. The molecule has 3 heteroatoms. The van der Waals surface area contributed by atoms with Crippen LogP contribution in [0.1, 0.15) is 58.3 Å². The van der Waals surface area contributed by atoms with E-state index in [1.807, 2.05) is 0 Å². The fraction of sp³-hybridized carbons (Fsp3) is 0.900. The van der Waals surface area contributed by atoms with E-state index in [1.165, 1.54) is 32.1 Å². The van der Waals surface area contributed by atoms with Gasteiger partial charge in [0.05, 0.1) is 0 Å². The SMILES string of the molecule is CCCCCCCCCC(=O)O.[Ca]. The average molecular weight is 212 g/mol. The van der Waals surface area contributed by atoms with Crippen molar-refractivity contribution >= 4 is 43.7 Å². The monoisotopic (exact) mass is 212 g/mol. The van der Waals surface area contributed by atoms with Crippen molar-refractivity contribution in [1.29, 1.82) is 0 Å². The molecule has 2 nitrogen and oxygen atoms in total. The van der Waals surface area contributed by atoms with Crippen molar-refractivity contribution in [1.82, 2.24) is 0 Å². The fourth-order valence-corrected chi connectivity index (χ4v) is 1.23. The Bertz CT molecular complexity index is 115. The van der Waals surface area contributed by atoms with Gasteiger partial charge in [-0.25, -0.2) is 0 Å². The molecule has 0 aromatic heterocycles. The number of carboxylic acids is 1. The number of rotatable bonds is 8. The van der Waals surface area contributed by atoms with Crippen LogP contribution in [0.4, 0.5) is 0 Å². The summed E-state index contributed by atoms with van der Waals surface area (Å²) in [5.41, 5.74) is 0. The van der Waals surface area contributed by atoms with Crippen LogP contribution in [0.5, 0.6) is 0 Å². The number of carbonyl (C=O) groups is 1. The maximum absolute atomic E-state index is 10.1. The molecule has 0 aromatic carbocycles. The van der Waals surface area contributed by atoms with Crippen molar-refractivity contribution in [3.63, 3.8) is 0 Å². The third-order valence-electron chi connectivity index (χ3n) is 1.99. The van der Waals surface area contributed by atoms with Gasteiger partial charge >= 0.3 is 5.97 Å². The van der Waals surface area contributed by atoms with E-state index >= 15 is 0 Å². The molecule has 0 rings (SSSR count). The molecule has 0 aliphatic rings. The van der Waals surface area contributed by atoms with E-state index in [4.69, 9.17) is 5.11 Å². The van der Waals surface area contributed by atoms with Crippen molar-refractivity contribution in [3.05, 3.63) is 0 Å². The van der Waals surface area contributed by atoms with Crippen LogP contribution in [-0.4, -0.2) is 48.8 Å². The van der Waals surface area contributed by atoms with Crippen molar-refractivity contribution in [3.8, 4) is 0 Å². The normalized spacial score (nSPS) is 9.31. The van der Waals surface area contributed by atoms with Gasteiger partial charge in [0.15, 0.2) is 0 Å². The summed E-state index contributed by atoms with van der Waals surface area (Å²) in [6.07, 6.45) is 8.64. The summed E-state index contributed by atoms with van der Waals surface area (Å²) in [6.45, 7) is 2.20. The summed E-state index contributed by atoms with van der Waals surface area (Å²) >= 11 is 0. The third kappa shape index (κ3) is 15.5. The van der Waals surface area contributed by atoms with E-state index < -0.39 is 5.97 Å². The molecule has 0 aliphatic carbocycles. The quantitative estimate of drug-likeness (QED) is 0.496. The van der Waals surface area contributed by atoms with Crippen LogP contribution in [0.25, 0.3) is 0 Å². The maximum Gasteiger partial charge on any atom is 0.303 e. The molecular weight excluding hydrogens is 192 g/mol. The summed E-state index contributed by atoms with van der Waals surface area (Å²) in [5.74, 6) is -0.663. The molecule has 0 aromatic rings. The van der Waals surface area contributed by atoms with Crippen LogP contribution in [0.3, 0.4) is 0 Å². The predicted molar refractivity (Wildman–Crippen MR) is 56.0 cm³/mol. The first-order chi connectivity index (χ1) is 5.77. The molecule has 13 heavy (non-hydrogen) atoms. The molecule has 0 spiro atoms. The second-order valence-electron chi connectivity index (χ2n) is 3.27. The Labute approximate surface area is 111 Å². The summed E-state index contributed by atoms with van der Waals surface area (Å²) in [6, 6.07) is 0. The molecule has 2 radical (unpaired) electrons. The maximum atomic E-state index is 10.1. The van der Waals surface area contributed by atoms with Crippen LogP contribution in [-0.2, 0) is 4.79 Å². The van der Waals surface area contributed by atoms with Gasteiger partial charge in [-0.05, 0) is 6.42 Å². The van der Waals surface area contributed by atoms with E-state index in [0.29, 0.717) is 6.42 Å². The minimum absolute atomic E-state index is 0. The molecular formula is C10H20CaO2. The molecule has 0 fully saturated rings. The largest absolute Gasteiger partial charge is 0.481 e. The average Bonchev–Trinajstić information content (AvgIpc) is 2.02. The zero-order valence-electron chi connectivity index (χ0n) is 8.72. The molecule has 0 bridgehead atoms. The molecule has 0 heterocycles. The van der Waals surface area contributed by atoms with Gasteiger partial charge in [0, 0.05) is 44.2 Å². The second-order valence-corrected chi connectivity index (χ2v) is 3.27. The molecule has 0 unspecified atom stereocenters. The Morgan fingerprint density at radius 2 is 1.46 bits per heavy atom. The van der Waals surface area contributed by atoms with Gasteiger partial charge in [-0.2, -0.15) is 0 Å². The molecule has 0 atom stereocenters.